The summed E-state index contributed by atoms with van der Waals surface area (Å²) < 4.78 is 5.68. The summed E-state index contributed by atoms with van der Waals surface area (Å²) in [5.74, 6) is 0.678. The Kier molecular flexibility index (Phi) is 5.56. The van der Waals surface area contributed by atoms with E-state index in [0.29, 0.717) is 17.9 Å². The van der Waals surface area contributed by atoms with Gasteiger partial charge in [-0.15, -0.1) is 0 Å². The lowest BCUT2D eigenvalue weighted by atomic mass is 9.97. The van der Waals surface area contributed by atoms with E-state index in [4.69, 9.17) is 4.74 Å². The van der Waals surface area contributed by atoms with Crippen molar-refractivity contribution in [2.45, 2.75) is 19.4 Å². The van der Waals surface area contributed by atoms with Crippen molar-refractivity contribution in [1.82, 2.24) is 9.97 Å². The monoisotopic (exact) mass is 385 g/mol. The highest BCUT2D eigenvalue weighted by Crippen LogP contribution is 2.28. The largest absolute Gasteiger partial charge is 0.492 e. The highest BCUT2D eigenvalue weighted by Gasteiger charge is 2.24. The maximum atomic E-state index is 13.5. The van der Waals surface area contributed by atoms with Crippen LogP contribution in [0.4, 0.5) is 5.69 Å². The van der Waals surface area contributed by atoms with Crippen molar-refractivity contribution in [1.29, 1.82) is 0 Å². The lowest BCUT2D eigenvalue weighted by Crippen LogP contribution is -2.21. The van der Waals surface area contributed by atoms with Crippen molar-refractivity contribution in [2.75, 3.05) is 11.9 Å². The van der Waals surface area contributed by atoms with Gasteiger partial charge in [0.25, 0.3) is 0 Å². The number of fused-ring (bicyclic) bond motifs is 1. The van der Waals surface area contributed by atoms with Crippen LogP contribution in [0.25, 0.3) is 10.9 Å². The number of anilines is 1. The summed E-state index contributed by atoms with van der Waals surface area (Å²) in [7, 11) is 0. The number of benzene rings is 2. The third-order valence-corrected chi connectivity index (χ3v) is 4.75. The van der Waals surface area contributed by atoms with Gasteiger partial charge in [0.15, 0.2) is 5.78 Å². The van der Waals surface area contributed by atoms with Gasteiger partial charge in [-0.1, -0.05) is 55.5 Å². The number of hydrogen-bond donors (Lipinski definition) is 2. The molecule has 2 aromatic heterocycles. The molecule has 0 aliphatic carbocycles. The first-order chi connectivity index (χ1) is 14.3. The summed E-state index contributed by atoms with van der Waals surface area (Å²) in [6, 6.07) is 18.9. The van der Waals surface area contributed by atoms with Gasteiger partial charge in [-0.3, -0.25) is 9.78 Å². The summed E-state index contributed by atoms with van der Waals surface area (Å²) >= 11 is 0. The van der Waals surface area contributed by atoms with Gasteiger partial charge in [-0.05, 0) is 18.1 Å². The SMILES string of the molecule is CCCOc1cncc(NC(C(=O)c2c[nH]c3ccccc23)c2ccccc2)c1. The summed E-state index contributed by atoms with van der Waals surface area (Å²) in [4.78, 5) is 21.0. The first-order valence-electron chi connectivity index (χ1n) is 9.76. The maximum absolute atomic E-state index is 13.5. The molecule has 4 aromatic rings. The lowest BCUT2D eigenvalue weighted by Gasteiger charge is -2.19. The zero-order valence-electron chi connectivity index (χ0n) is 16.3. The smallest absolute Gasteiger partial charge is 0.191 e. The molecule has 5 heteroatoms. The number of hydrogen-bond acceptors (Lipinski definition) is 4. The molecule has 0 bridgehead atoms. The van der Waals surface area contributed by atoms with Crippen molar-refractivity contribution in [3.8, 4) is 5.75 Å². The van der Waals surface area contributed by atoms with Crippen LogP contribution in [0.15, 0.2) is 79.3 Å². The first kappa shape index (κ1) is 18.7. The minimum Gasteiger partial charge on any atom is -0.492 e. The number of H-pyrrole nitrogens is 1. The van der Waals surface area contributed by atoms with Gasteiger partial charge in [-0.25, -0.2) is 0 Å². The fourth-order valence-electron chi connectivity index (χ4n) is 3.34. The second-order valence-electron chi connectivity index (χ2n) is 6.86. The van der Waals surface area contributed by atoms with Crippen molar-refractivity contribution in [3.63, 3.8) is 0 Å². The van der Waals surface area contributed by atoms with Gasteiger partial charge in [-0.2, -0.15) is 0 Å². The maximum Gasteiger partial charge on any atom is 0.191 e. The molecule has 146 valence electrons. The molecule has 2 N–H and O–H groups in total. The van der Waals surface area contributed by atoms with E-state index in [1.165, 1.54) is 0 Å². The number of ketones is 1. The first-order valence-corrected chi connectivity index (χ1v) is 9.76. The molecule has 0 aliphatic heterocycles. The lowest BCUT2D eigenvalue weighted by molar-refractivity contribution is 0.0971. The molecule has 0 saturated heterocycles. The zero-order chi connectivity index (χ0) is 20.1. The average molecular weight is 385 g/mol. The van der Waals surface area contributed by atoms with Gasteiger partial charge in [0, 0.05) is 28.7 Å². The Morgan fingerprint density at radius 3 is 2.72 bits per heavy atom. The Morgan fingerprint density at radius 2 is 1.90 bits per heavy atom. The number of ether oxygens (including phenoxy) is 1. The molecule has 0 radical (unpaired) electrons. The van der Waals surface area contributed by atoms with E-state index in [2.05, 4.69) is 22.2 Å². The van der Waals surface area contributed by atoms with Crippen LogP contribution in [0.5, 0.6) is 5.75 Å². The Hall–Kier alpha value is -3.60. The van der Waals surface area contributed by atoms with E-state index < -0.39 is 6.04 Å². The number of rotatable bonds is 8. The predicted octanol–water partition coefficient (Wildman–Crippen LogP) is 5.39. The van der Waals surface area contributed by atoms with E-state index in [9.17, 15) is 4.79 Å². The summed E-state index contributed by atoms with van der Waals surface area (Å²) in [6.45, 7) is 2.68. The quantitative estimate of drug-likeness (QED) is 0.399. The van der Waals surface area contributed by atoms with E-state index in [1.54, 1.807) is 18.6 Å². The van der Waals surface area contributed by atoms with Gasteiger partial charge in [0.1, 0.15) is 11.8 Å². The van der Waals surface area contributed by atoms with Crippen LogP contribution in [-0.2, 0) is 0 Å². The standard InChI is InChI=1S/C24H23N3O2/c1-2-12-29-19-13-18(14-25-15-19)27-23(17-8-4-3-5-9-17)24(28)21-16-26-22-11-7-6-10-20(21)22/h3-11,13-16,23,26-27H,2,12H2,1H3. The molecule has 0 fully saturated rings. The second-order valence-corrected chi connectivity index (χ2v) is 6.86. The Morgan fingerprint density at radius 1 is 1.10 bits per heavy atom. The van der Waals surface area contributed by atoms with Crippen LogP contribution >= 0.6 is 0 Å². The van der Waals surface area contributed by atoms with Gasteiger partial charge in [0.2, 0.25) is 0 Å². The summed E-state index contributed by atoms with van der Waals surface area (Å²) in [5.41, 5.74) is 3.23. The number of nitrogens with one attached hydrogen (secondary N) is 2. The molecule has 0 amide bonds. The number of pyridine rings is 1. The number of nitrogens with zero attached hydrogens (tertiary/aromatic N) is 1. The number of carbonyl (C=O) groups excluding carboxylic acids is 1. The molecule has 4 rings (SSSR count). The third kappa shape index (κ3) is 4.14. The van der Waals surface area contributed by atoms with Crippen molar-refractivity contribution in [2.24, 2.45) is 0 Å². The average Bonchev–Trinajstić information content (AvgIpc) is 3.21. The fraction of sp³-hybridized carbons (Fsp3) is 0.167. The third-order valence-electron chi connectivity index (χ3n) is 4.75. The van der Waals surface area contributed by atoms with Gasteiger partial charge < -0.3 is 15.0 Å². The van der Waals surface area contributed by atoms with Crippen molar-refractivity contribution >= 4 is 22.4 Å². The van der Waals surface area contributed by atoms with Gasteiger partial charge in [0.05, 0.1) is 24.7 Å². The van der Waals surface area contributed by atoms with E-state index in [1.807, 2.05) is 60.7 Å². The van der Waals surface area contributed by atoms with Gasteiger partial charge >= 0.3 is 0 Å². The fourth-order valence-corrected chi connectivity index (χ4v) is 3.34. The van der Waals surface area contributed by atoms with Crippen LogP contribution in [0.1, 0.15) is 35.3 Å². The van der Waals surface area contributed by atoms with Crippen LogP contribution < -0.4 is 10.1 Å². The van der Waals surface area contributed by atoms with E-state index in [-0.39, 0.29) is 5.78 Å². The highest BCUT2D eigenvalue weighted by atomic mass is 16.5. The number of aromatic amines is 1. The normalized spacial score (nSPS) is 11.9. The molecular formula is C24H23N3O2. The van der Waals surface area contributed by atoms with Crippen LogP contribution in [0.3, 0.4) is 0 Å². The minimum absolute atomic E-state index is 0.00599. The molecule has 2 aromatic carbocycles. The van der Waals surface area contributed by atoms with Crippen LogP contribution in [-0.4, -0.2) is 22.4 Å². The Bertz CT molecular complexity index is 1110. The number of para-hydroxylation sites is 1. The van der Waals surface area contributed by atoms with Crippen LogP contribution in [0, 0.1) is 0 Å². The minimum atomic E-state index is -0.543. The topological polar surface area (TPSA) is 67.0 Å². The number of carbonyl (C=O) groups is 1. The van der Waals surface area contributed by atoms with Crippen LogP contribution in [0.2, 0.25) is 0 Å². The van der Waals surface area contributed by atoms with Crippen molar-refractivity contribution in [3.05, 3.63) is 90.4 Å². The highest BCUT2D eigenvalue weighted by molar-refractivity contribution is 6.11. The molecule has 1 atom stereocenters. The summed E-state index contributed by atoms with van der Waals surface area (Å²) in [6.07, 6.45) is 6.09. The second kappa shape index (κ2) is 8.61. The molecule has 5 nitrogen and oxygen atoms in total. The Labute approximate surface area is 169 Å². The molecular weight excluding hydrogens is 362 g/mol. The predicted molar refractivity (Wildman–Crippen MR) is 115 cm³/mol. The number of aromatic nitrogens is 2. The molecule has 0 aliphatic rings. The Balaban J connectivity index is 1.68. The number of Topliss-reactive ketones (excluding diaryl/α,β-unsaturated/α-hetero) is 1. The molecule has 29 heavy (non-hydrogen) atoms. The van der Waals surface area contributed by atoms with Crippen molar-refractivity contribution < 1.29 is 9.53 Å². The molecule has 0 spiro atoms. The van der Waals surface area contributed by atoms with E-state index >= 15 is 0 Å². The molecule has 0 saturated carbocycles. The zero-order valence-corrected chi connectivity index (χ0v) is 16.3. The summed E-state index contributed by atoms with van der Waals surface area (Å²) in [5, 5.41) is 4.27. The van der Waals surface area contributed by atoms with E-state index in [0.717, 1.165) is 28.6 Å². The molecule has 2 heterocycles. The molecule has 1 unspecified atom stereocenters.